The highest BCUT2D eigenvalue weighted by Gasteiger charge is 2.06. The molecule has 2 nitrogen and oxygen atoms in total. The summed E-state index contributed by atoms with van der Waals surface area (Å²) in [5.41, 5.74) is 7.45. The second-order valence-corrected chi connectivity index (χ2v) is 6.36. The van der Waals surface area contributed by atoms with Crippen molar-refractivity contribution in [1.29, 1.82) is 0 Å². The topological polar surface area (TPSA) is 25.2 Å². The van der Waals surface area contributed by atoms with E-state index in [1.807, 2.05) is 24.5 Å². The van der Waals surface area contributed by atoms with E-state index >= 15 is 0 Å². The van der Waals surface area contributed by atoms with Crippen LogP contribution in [0.4, 0.5) is 0 Å². The summed E-state index contributed by atoms with van der Waals surface area (Å²) in [7, 11) is 0. The molecule has 0 amide bonds. The zero-order chi connectivity index (χ0) is 16.9. The van der Waals surface area contributed by atoms with Crippen molar-refractivity contribution in [2.24, 2.45) is 4.99 Å². The predicted molar refractivity (Wildman–Crippen MR) is 103 cm³/mol. The third-order valence-electron chi connectivity index (χ3n) is 4.42. The Morgan fingerprint density at radius 2 is 1.56 bits per heavy atom. The maximum Gasteiger partial charge on any atom is 0.0514 e. The summed E-state index contributed by atoms with van der Waals surface area (Å²) in [5.74, 6) is 0. The van der Waals surface area contributed by atoms with Crippen molar-refractivity contribution in [1.82, 2.24) is 4.98 Å². The molecule has 1 aliphatic rings. The molecule has 0 N–H and O–H groups in total. The summed E-state index contributed by atoms with van der Waals surface area (Å²) < 4.78 is 0. The van der Waals surface area contributed by atoms with Gasteiger partial charge < -0.3 is 0 Å². The van der Waals surface area contributed by atoms with E-state index in [0.29, 0.717) is 0 Å². The molecule has 2 aromatic carbocycles. The number of aliphatic imine (C=N–C) groups is 1. The number of allylic oxidation sites excluding steroid dienone is 1. The molecule has 2 heteroatoms. The molecule has 0 fully saturated rings. The smallest absolute Gasteiger partial charge is 0.0514 e. The van der Waals surface area contributed by atoms with Gasteiger partial charge in [0.2, 0.25) is 0 Å². The maximum atomic E-state index is 4.44. The number of aromatic nitrogens is 1. The van der Waals surface area contributed by atoms with E-state index in [9.17, 15) is 0 Å². The fourth-order valence-electron chi connectivity index (χ4n) is 3.21. The first-order chi connectivity index (χ1) is 12.4. The Balaban J connectivity index is 1.51. The summed E-state index contributed by atoms with van der Waals surface area (Å²) in [6, 6.07) is 23.6. The Morgan fingerprint density at radius 3 is 2.32 bits per heavy atom. The van der Waals surface area contributed by atoms with Crippen LogP contribution in [0.3, 0.4) is 0 Å². The molecule has 25 heavy (non-hydrogen) atoms. The van der Waals surface area contributed by atoms with E-state index < -0.39 is 0 Å². The van der Waals surface area contributed by atoms with Gasteiger partial charge in [0.05, 0.1) is 5.71 Å². The Bertz CT molecular complexity index is 924. The van der Waals surface area contributed by atoms with Gasteiger partial charge >= 0.3 is 0 Å². The molecule has 1 aromatic heterocycles. The van der Waals surface area contributed by atoms with Gasteiger partial charge in [-0.05, 0) is 46.9 Å². The molecule has 0 atom stereocenters. The van der Waals surface area contributed by atoms with Crippen molar-refractivity contribution in [2.45, 2.75) is 19.3 Å². The highest BCUT2D eigenvalue weighted by Crippen LogP contribution is 2.17. The predicted octanol–water partition coefficient (Wildman–Crippen LogP) is 4.97. The average molecular weight is 324 g/mol. The number of pyridine rings is 1. The standard InChI is InChI=1S/C23H20N2/c1-2-12-24-22(10-1)17-20-7-3-6-18(15-20)14-19-8-4-9-21(16-19)23-11-5-13-25-23/h1-10,12-13,15-16H,11,14,17H2. The lowest BCUT2D eigenvalue weighted by atomic mass is 9.98. The molecule has 0 aliphatic carbocycles. The quantitative estimate of drug-likeness (QED) is 0.650. The van der Waals surface area contributed by atoms with Crippen molar-refractivity contribution < 1.29 is 0 Å². The van der Waals surface area contributed by atoms with Crippen molar-refractivity contribution >= 4 is 5.71 Å². The van der Waals surface area contributed by atoms with Gasteiger partial charge in [0.15, 0.2) is 0 Å². The van der Waals surface area contributed by atoms with Crippen LogP contribution in [0.2, 0.25) is 0 Å². The average Bonchev–Trinajstić information content (AvgIpc) is 3.18. The Labute approximate surface area is 148 Å². The number of hydrogen-bond donors (Lipinski definition) is 0. The van der Waals surface area contributed by atoms with Gasteiger partial charge in [-0.2, -0.15) is 0 Å². The largest absolute Gasteiger partial charge is 0.261 e. The number of nitrogens with zero attached hydrogens (tertiary/aromatic N) is 2. The molecule has 3 aromatic rings. The van der Waals surface area contributed by atoms with Crippen molar-refractivity contribution in [2.75, 3.05) is 0 Å². The third-order valence-corrected chi connectivity index (χ3v) is 4.42. The molecular formula is C23H20N2. The molecule has 0 bridgehead atoms. The van der Waals surface area contributed by atoms with E-state index in [0.717, 1.165) is 30.7 Å². The highest BCUT2D eigenvalue weighted by atomic mass is 14.7. The molecule has 0 unspecified atom stereocenters. The van der Waals surface area contributed by atoms with Gasteiger partial charge in [0.25, 0.3) is 0 Å². The zero-order valence-corrected chi connectivity index (χ0v) is 14.1. The van der Waals surface area contributed by atoms with Crippen LogP contribution in [0.15, 0.2) is 90.2 Å². The zero-order valence-electron chi connectivity index (χ0n) is 14.1. The van der Waals surface area contributed by atoms with Crippen LogP contribution in [0.5, 0.6) is 0 Å². The van der Waals surface area contributed by atoms with E-state index in [2.05, 4.69) is 70.6 Å². The minimum atomic E-state index is 0.872. The Kier molecular flexibility index (Phi) is 4.51. The molecule has 1 aliphatic heterocycles. The minimum Gasteiger partial charge on any atom is -0.261 e. The SMILES string of the molecule is C1=CN=C(c2cccc(Cc3cccc(Cc4ccccn4)c3)c2)C1. The first kappa shape index (κ1) is 15.5. The molecule has 122 valence electrons. The summed E-state index contributed by atoms with van der Waals surface area (Å²) >= 11 is 0. The first-order valence-corrected chi connectivity index (χ1v) is 8.65. The van der Waals surface area contributed by atoms with Crippen LogP contribution in [0, 0.1) is 0 Å². The monoisotopic (exact) mass is 324 g/mol. The normalized spacial score (nSPS) is 13.0. The lowest BCUT2D eigenvalue weighted by molar-refractivity contribution is 1.06. The highest BCUT2D eigenvalue weighted by molar-refractivity contribution is 6.03. The molecule has 2 heterocycles. The Morgan fingerprint density at radius 1 is 0.760 bits per heavy atom. The van der Waals surface area contributed by atoms with E-state index in [-0.39, 0.29) is 0 Å². The van der Waals surface area contributed by atoms with E-state index in [1.165, 1.54) is 22.3 Å². The molecular weight excluding hydrogens is 304 g/mol. The number of benzene rings is 2. The van der Waals surface area contributed by atoms with Gasteiger partial charge in [-0.3, -0.25) is 9.98 Å². The van der Waals surface area contributed by atoms with Crippen LogP contribution in [-0.4, -0.2) is 10.7 Å². The summed E-state index contributed by atoms with van der Waals surface area (Å²) in [6.45, 7) is 0. The van der Waals surface area contributed by atoms with Crippen molar-refractivity contribution in [3.8, 4) is 0 Å². The van der Waals surface area contributed by atoms with Crippen LogP contribution in [-0.2, 0) is 12.8 Å². The fraction of sp³-hybridized carbons (Fsp3) is 0.130. The molecule has 0 spiro atoms. The lowest BCUT2D eigenvalue weighted by Gasteiger charge is -2.08. The number of rotatable bonds is 5. The third kappa shape index (κ3) is 3.92. The summed E-state index contributed by atoms with van der Waals surface area (Å²) in [5, 5.41) is 0. The minimum absolute atomic E-state index is 0.872. The van der Waals surface area contributed by atoms with Crippen LogP contribution >= 0.6 is 0 Å². The van der Waals surface area contributed by atoms with E-state index in [1.54, 1.807) is 0 Å². The maximum absolute atomic E-state index is 4.44. The van der Waals surface area contributed by atoms with Gasteiger partial charge in [-0.1, -0.05) is 54.6 Å². The summed E-state index contributed by atoms with van der Waals surface area (Å²) in [4.78, 5) is 8.87. The van der Waals surface area contributed by atoms with Crippen LogP contribution in [0.25, 0.3) is 0 Å². The summed E-state index contributed by atoms with van der Waals surface area (Å²) in [6.07, 6.45) is 8.59. The van der Waals surface area contributed by atoms with Crippen LogP contribution in [0.1, 0.15) is 34.4 Å². The molecule has 4 rings (SSSR count). The molecule has 0 radical (unpaired) electrons. The van der Waals surface area contributed by atoms with Gasteiger partial charge in [0, 0.05) is 30.9 Å². The van der Waals surface area contributed by atoms with Gasteiger partial charge in [0.1, 0.15) is 0 Å². The van der Waals surface area contributed by atoms with Gasteiger partial charge in [-0.15, -0.1) is 0 Å². The second kappa shape index (κ2) is 7.27. The second-order valence-electron chi connectivity index (χ2n) is 6.36. The molecule has 0 saturated heterocycles. The number of hydrogen-bond acceptors (Lipinski definition) is 2. The van der Waals surface area contributed by atoms with Crippen molar-refractivity contribution in [3.05, 3.63) is 113 Å². The van der Waals surface area contributed by atoms with Crippen LogP contribution < -0.4 is 0 Å². The Hall–Kier alpha value is -3.00. The van der Waals surface area contributed by atoms with Crippen molar-refractivity contribution in [3.63, 3.8) is 0 Å². The van der Waals surface area contributed by atoms with Gasteiger partial charge in [-0.25, -0.2) is 0 Å². The lowest BCUT2D eigenvalue weighted by Crippen LogP contribution is -1.98. The fourth-order valence-corrected chi connectivity index (χ4v) is 3.21. The molecule has 0 saturated carbocycles. The van der Waals surface area contributed by atoms with E-state index in [4.69, 9.17) is 0 Å². The first-order valence-electron chi connectivity index (χ1n) is 8.65.